The van der Waals surface area contributed by atoms with E-state index >= 15 is 0 Å². The SMILES string of the molecule is CN(C)C(=O)COC(=O)CNC(=O)c1ccc2ccccc2c1. The molecule has 2 amide bonds. The van der Waals surface area contributed by atoms with Crippen molar-refractivity contribution in [1.29, 1.82) is 0 Å². The van der Waals surface area contributed by atoms with Gasteiger partial charge in [-0.1, -0.05) is 30.3 Å². The number of esters is 1. The van der Waals surface area contributed by atoms with Gasteiger partial charge in [0.05, 0.1) is 0 Å². The van der Waals surface area contributed by atoms with Gasteiger partial charge in [0.2, 0.25) is 0 Å². The van der Waals surface area contributed by atoms with Gasteiger partial charge in [0.1, 0.15) is 6.54 Å². The van der Waals surface area contributed by atoms with Gasteiger partial charge in [-0.15, -0.1) is 0 Å². The molecule has 2 aromatic carbocycles. The van der Waals surface area contributed by atoms with Gasteiger partial charge in [0, 0.05) is 19.7 Å². The molecule has 0 saturated carbocycles. The second-order valence-corrected chi connectivity index (χ2v) is 5.19. The average Bonchev–Trinajstić information content (AvgIpc) is 2.56. The van der Waals surface area contributed by atoms with Gasteiger partial charge in [-0.3, -0.25) is 14.4 Å². The molecule has 1 N–H and O–H groups in total. The molecule has 2 rings (SSSR count). The normalized spacial score (nSPS) is 10.2. The summed E-state index contributed by atoms with van der Waals surface area (Å²) in [5.74, 6) is -1.35. The summed E-state index contributed by atoms with van der Waals surface area (Å²) in [6.45, 7) is -0.621. The van der Waals surface area contributed by atoms with Crippen LogP contribution in [0.25, 0.3) is 10.8 Å². The van der Waals surface area contributed by atoms with Crippen LogP contribution in [0.5, 0.6) is 0 Å². The molecular formula is C17H18N2O4. The van der Waals surface area contributed by atoms with Crippen molar-refractivity contribution in [1.82, 2.24) is 10.2 Å². The van der Waals surface area contributed by atoms with E-state index in [0.717, 1.165) is 10.8 Å². The van der Waals surface area contributed by atoms with Crippen LogP contribution in [0.1, 0.15) is 10.4 Å². The second kappa shape index (κ2) is 7.40. The molecule has 0 atom stereocenters. The van der Waals surface area contributed by atoms with Crippen molar-refractivity contribution in [2.24, 2.45) is 0 Å². The average molecular weight is 314 g/mol. The highest BCUT2D eigenvalue weighted by molar-refractivity contribution is 5.99. The fraction of sp³-hybridized carbons (Fsp3) is 0.235. The van der Waals surface area contributed by atoms with E-state index in [-0.39, 0.29) is 25.0 Å². The molecule has 0 spiro atoms. The molecule has 0 saturated heterocycles. The number of benzene rings is 2. The lowest BCUT2D eigenvalue weighted by Gasteiger charge is -2.10. The van der Waals surface area contributed by atoms with Crippen molar-refractivity contribution < 1.29 is 19.1 Å². The predicted molar refractivity (Wildman–Crippen MR) is 85.9 cm³/mol. The number of hydrogen-bond acceptors (Lipinski definition) is 4. The first-order chi connectivity index (χ1) is 11.0. The lowest BCUT2D eigenvalue weighted by Crippen LogP contribution is -2.33. The number of nitrogens with one attached hydrogen (secondary N) is 1. The van der Waals surface area contributed by atoms with E-state index in [0.29, 0.717) is 5.56 Å². The quantitative estimate of drug-likeness (QED) is 0.842. The number of amides is 2. The molecule has 0 bridgehead atoms. The number of hydrogen-bond donors (Lipinski definition) is 1. The Bertz CT molecular complexity index is 740. The topological polar surface area (TPSA) is 75.7 Å². The first-order valence-electron chi connectivity index (χ1n) is 7.10. The van der Waals surface area contributed by atoms with Gasteiger partial charge < -0.3 is 15.0 Å². The summed E-state index contributed by atoms with van der Waals surface area (Å²) in [4.78, 5) is 36.2. The maximum atomic E-state index is 12.0. The maximum Gasteiger partial charge on any atom is 0.325 e. The Morgan fingerprint density at radius 1 is 1.04 bits per heavy atom. The largest absolute Gasteiger partial charge is 0.454 e. The van der Waals surface area contributed by atoms with Gasteiger partial charge in [0.15, 0.2) is 6.61 Å². The molecule has 120 valence electrons. The molecule has 0 aromatic heterocycles. The molecule has 23 heavy (non-hydrogen) atoms. The third-order valence-corrected chi connectivity index (χ3v) is 3.26. The third-order valence-electron chi connectivity index (χ3n) is 3.26. The molecule has 0 unspecified atom stereocenters. The molecule has 0 aliphatic heterocycles. The van der Waals surface area contributed by atoms with E-state index in [4.69, 9.17) is 4.74 Å². The van der Waals surface area contributed by atoms with Crippen molar-refractivity contribution >= 4 is 28.6 Å². The predicted octanol–water partition coefficient (Wildman–Crippen LogP) is 1.20. The van der Waals surface area contributed by atoms with E-state index in [2.05, 4.69) is 5.32 Å². The van der Waals surface area contributed by atoms with E-state index < -0.39 is 5.97 Å². The van der Waals surface area contributed by atoms with Gasteiger partial charge in [0.25, 0.3) is 11.8 Å². The van der Waals surface area contributed by atoms with Gasteiger partial charge in [-0.25, -0.2) is 0 Å². The summed E-state index contributed by atoms with van der Waals surface area (Å²) in [5.41, 5.74) is 0.459. The summed E-state index contributed by atoms with van der Waals surface area (Å²) in [6.07, 6.45) is 0. The third kappa shape index (κ3) is 4.54. The number of carbonyl (C=O) groups is 3. The summed E-state index contributed by atoms with van der Waals surface area (Å²) < 4.78 is 4.78. The molecular weight excluding hydrogens is 296 g/mol. The second-order valence-electron chi connectivity index (χ2n) is 5.19. The molecule has 0 heterocycles. The monoisotopic (exact) mass is 314 g/mol. The molecule has 6 nitrogen and oxygen atoms in total. The first kappa shape index (κ1) is 16.5. The maximum absolute atomic E-state index is 12.0. The molecule has 0 aliphatic carbocycles. The Morgan fingerprint density at radius 3 is 2.43 bits per heavy atom. The smallest absolute Gasteiger partial charge is 0.325 e. The molecule has 6 heteroatoms. The lowest BCUT2D eigenvalue weighted by molar-refractivity contribution is -0.150. The van der Waals surface area contributed by atoms with Crippen molar-refractivity contribution in [3.63, 3.8) is 0 Å². The van der Waals surface area contributed by atoms with Crippen LogP contribution in [-0.4, -0.2) is 49.9 Å². The highest BCUT2D eigenvalue weighted by Gasteiger charge is 2.11. The fourth-order valence-electron chi connectivity index (χ4n) is 1.91. The van der Waals surface area contributed by atoms with Crippen LogP contribution >= 0.6 is 0 Å². The standard InChI is InChI=1S/C17H18N2O4/c1-19(2)15(20)11-23-16(21)10-18-17(22)14-8-7-12-5-3-4-6-13(12)9-14/h3-9H,10-11H2,1-2H3,(H,18,22). The molecule has 0 radical (unpaired) electrons. The highest BCUT2D eigenvalue weighted by Crippen LogP contribution is 2.15. The van der Waals surface area contributed by atoms with E-state index in [9.17, 15) is 14.4 Å². The molecule has 0 fully saturated rings. The van der Waals surface area contributed by atoms with Gasteiger partial charge >= 0.3 is 5.97 Å². The van der Waals surface area contributed by atoms with Crippen LogP contribution in [0.2, 0.25) is 0 Å². The number of carbonyl (C=O) groups excluding carboxylic acids is 3. The number of ether oxygens (including phenoxy) is 1. The minimum Gasteiger partial charge on any atom is -0.454 e. The van der Waals surface area contributed by atoms with Crippen LogP contribution in [0, 0.1) is 0 Å². The summed E-state index contributed by atoms with van der Waals surface area (Å²) in [6, 6.07) is 13.0. The number of likely N-dealkylation sites (N-methyl/N-ethyl adjacent to an activating group) is 1. The fourth-order valence-corrected chi connectivity index (χ4v) is 1.91. The Kier molecular flexibility index (Phi) is 5.30. The van der Waals surface area contributed by atoms with Crippen molar-refractivity contribution in [2.45, 2.75) is 0 Å². The van der Waals surface area contributed by atoms with E-state index in [1.807, 2.05) is 30.3 Å². The Balaban J connectivity index is 1.88. The Labute approximate surface area is 134 Å². The van der Waals surface area contributed by atoms with Gasteiger partial charge in [-0.05, 0) is 22.9 Å². The molecule has 0 aliphatic rings. The van der Waals surface area contributed by atoms with Crippen LogP contribution < -0.4 is 5.32 Å². The summed E-state index contributed by atoms with van der Waals surface area (Å²) in [5, 5.41) is 4.45. The summed E-state index contributed by atoms with van der Waals surface area (Å²) in [7, 11) is 3.13. The number of fused-ring (bicyclic) bond motifs is 1. The van der Waals surface area contributed by atoms with Crippen molar-refractivity contribution in [2.75, 3.05) is 27.2 Å². The first-order valence-corrected chi connectivity index (χ1v) is 7.10. The zero-order valence-corrected chi connectivity index (χ0v) is 13.0. The number of nitrogens with zero attached hydrogens (tertiary/aromatic N) is 1. The lowest BCUT2D eigenvalue weighted by atomic mass is 10.1. The Hall–Kier alpha value is -2.89. The summed E-state index contributed by atoms with van der Waals surface area (Å²) >= 11 is 0. The van der Waals surface area contributed by atoms with Crippen LogP contribution in [-0.2, 0) is 14.3 Å². The van der Waals surface area contributed by atoms with Crippen molar-refractivity contribution in [3.8, 4) is 0 Å². The zero-order valence-electron chi connectivity index (χ0n) is 13.0. The Morgan fingerprint density at radius 2 is 1.74 bits per heavy atom. The van der Waals surface area contributed by atoms with E-state index in [1.54, 1.807) is 26.2 Å². The minimum absolute atomic E-state index is 0.285. The van der Waals surface area contributed by atoms with Gasteiger partial charge in [-0.2, -0.15) is 0 Å². The minimum atomic E-state index is -0.658. The van der Waals surface area contributed by atoms with Crippen molar-refractivity contribution in [3.05, 3.63) is 48.0 Å². The zero-order chi connectivity index (χ0) is 16.8. The number of rotatable bonds is 5. The van der Waals surface area contributed by atoms with E-state index in [1.165, 1.54) is 4.90 Å². The highest BCUT2D eigenvalue weighted by atomic mass is 16.5. The van der Waals surface area contributed by atoms with Crippen LogP contribution in [0.4, 0.5) is 0 Å². The molecule has 2 aromatic rings. The van der Waals surface area contributed by atoms with Crippen LogP contribution in [0.15, 0.2) is 42.5 Å². The van der Waals surface area contributed by atoms with Crippen LogP contribution in [0.3, 0.4) is 0 Å².